The summed E-state index contributed by atoms with van der Waals surface area (Å²) in [5.41, 5.74) is 1.20. The molecule has 2 aromatic carbocycles. The lowest BCUT2D eigenvalue weighted by atomic mass is 10.0. The predicted octanol–water partition coefficient (Wildman–Crippen LogP) is 4.44. The Bertz CT molecular complexity index is 656. The Kier molecular flexibility index (Phi) is 4.52. The van der Waals surface area contributed by atoms with E-state index in [0.29, 0.717) is 17.2 Å². The van der Waals surface area contributed by atoms with Crippen molar-refractivity contribution in [2.45, 2.75) is 26.4 Å². The monoisotopic (exact) mass is 289 g/mol. The van der Waals surface area contributed by atoms with Gasteiger partial charge in [0, 0.05) is 6.07 Å². The molecule has 0 bridgehead atoms. The molecule has 0 aliphatic carbocycles. The molecule has 0 aromatic heterocycles. The van der Waals surface area contributed by atoms with Gasteiger partial charge in [0.25, 0.3) is 5.69 Å². The summed E-state index contributed by atoms with van der Waals surface area (Å²) in [4.78, 5) is 10.1. The van der Waals surface area contributed by atoms with Crippen LogP contribution in [0.3, 0.4) is 0 Å². The summed E-state index contributed by atoms with van der Waals surface area (Å²) in [5, 5.41) is 10.7. The van der Waals surface area contributed by atoms with Crippen molar-refractivity contribution in [3.63, 3.8) is 0 Å². The lowest BCUT2D eigenvalue weighted by Gasteiger charge is -2.13. The number of para-hydroxylation sites is 1. The van der Waals surface area contributed by atoms with Gasteiger partial charge in [0.1, 0.15) is 18.2 Å². The molecule has 0 fully saturated rings. The fourth-order valence-electron chi connectivity index (χ4n) is 2.07. The van der Waals surface area contributed by atoms with Crippen LogP contribution in [0.5, 0.6) is 5.75 Å². The molecule has 0 atom stereocenters. The molecule has 2 rings (SSSR count). The number of ether oxygens (including phenoxy) is 1. The summed E-state index contributed by atoms with van der Waals surface area (Å²) in [7, 11) is 0. The highest BCUT2D eigenvalue weighted by Gasteiger charge is 2.11. The lowest BCUT2D eigenvalue weighted by Crippen LogP contribution is -2.01. The van der Waals surface area contributed by atoms with E-state index in [2.05, 4.69) is 13.8 Å². The van der Waals surface area contributed by atoms with Crippen molar-refractivity contribution in [3.8, 4) is 5.75 Å². The second-order valence-corrected chi connectivity index (χ2v) is 5.06. The first kappa shape index (κ1) is 15.0. The number of nitro groups is 1. The second-order valence-electron chi connectivity index (χ2n) is 5.06. The molecule has 2 aromatic rings. The van der Waals surface area contributed by atoms with Crippen LogP contribution in [0.2, 0.25) is 0 Å². The maximum absolute atomic E-state index is 13.4. The van der Waals surface area contributed by atoms with Gasteiger partial charge in [-0.15, -0.1) is 0 Å². The van der Waals surface area contributed by atoms with Crippen molar-refractivity contribution in [1.82, 2.24) is 0 Å². The van der Waals surface area contributed by atoms with Crippen LogP contribution in [-0.2, 0) is 6.61 Å². The number of nitrogens with zero attached hydrogens (tertiary/aromatic N) is 1. The van der Waals surface area contributed by atoms with Crippen LogP contribution in [0.25, 0.3) is 0 Å². The van der Waals surface area contributed by atoms with Gasteiger partial charge in [0.2, 0.25) is 0 Å². The molecule has 0 spiro atoms. The van der Waals surface area contributed by atoms with Gasteiger partial charge in [-0.05, 0) is 29.2 Å². The fraction of sp³-hybridized carbons (Fsp3) is 0.250. The zero-order valence-electron chi connectivity index (χ0n) is 11.9. The zero-order chi connectivity index (χ0) is 15.4. The first-order chi connectivity index (χ1) is 9.97. The third-order valence-electron chi connectivity index (χ3n) is 3.09. The van der Waals surface area contributed by atoms with E-state index < -0.39 is 10.7 Å². The van der Waals surface area contributed by atoms with Gasteiger partial charge < -0.3 is 4.74 Å². The van der Waals surface area contributed by atoms with Crippen LogP contribution in [0.4, 0.5) is 10.1 Å². The number of rotatable bonds is 5. The molecular formula is C16H16FNO3. The van der Waals surface area contributed by atoms with Crippen LogP contribution in [0, 0.1) is 15.9 Å². The molecule has 0 N–H and O–H groups in total. The molecule has 0 amide bonds. The standard InChI is InChI=1S/C16H16FNO3/c1-11(2)15-5-3-4-6-16(15)21-10-12-7-13(17)9-14(8-12)18(19)20/h3-9,11H,10H2,1-2H3. The number of hydrogen-bond acceptors (Lipinski definition) is 3. The van der Waals surface area contributed by atoms with Gasteiger partial charge in [-0.1, -0.05) is 32.0 Å². The Hall–Kier alpha value is -2.43. The molecule has 0 saturated heterocycles. The third-order valence-corrected chi connectivity index (χ3v) is 3.09. The average molecular weight is 289 g/mol. The van der Waals surface area contributed by atoms with Crippen LogP contribution >= 0.6 is 0 Å². The molecule has 0 radical (unpaired) electrons. The summed E-state index contributed by atoms with van der Waals surface area (Å²) < 4.78 is 19.0. The van der Waals surface area contributed by atoms with Gasteiger partial charge in [-0.2, -0.15) is 0 Å². The lowest BCUT2D eigenvalue weighted by molar-refractivity contribution is -0.385. The largest absolute Gasteiger partial charge is 0.489 e. The number of non-ortho nitro benzene ring substituents is 1. The van der Waals surface area contributed by atoms with Crippen LogP contribution in [-0.4, -0.2) is 4.92 Å². The van der Waals surface area contributed by atoms with E-state index in [-0.39, 0.29) is 12.3 Å². The van der Waals surface area contributed by atoms with E-state index in [1.807, 2.05) is 24.3 Å². The van der Waals surface area contributed by atoms with Gasteiger partial charge in [-0.25, -0.2) is 4.39 Å². The van der Waals surface area contributed by atoms with Crippen LogP contribution < -0.4 is 4.74 Å². The van der Waals surface area contributed by atoms with E-state index in [9.17, 15) is 14.5 Å². The summed E-state index contributed by atoms with van der Waals surface area (Å²) in [6, 6.07) is 11.0. The molecule has 0 aliphatic heterocycles. The Morgan fingerprint density at radius 2 is 1.95 bits per heavy atom. The number of hydrogen-bond donors (Lipinski definition) is 0. The number of halogens is 1. The maximum atomic E-state index is 13.4. The predicted molar refractivity (Wildman–Crippen MR) is 77.9 cm³/mol. The average Bonchev–Trinajstić information content (AvgIpc) is 2.44. The normalized spacial score (nSPS) is 10.7. The molecule has 0 unspecified atom stereocenters. The molecule has 0 heterocycles. The Balaban J connectivity index is 2.19. The highest BCUT2D eigenvalue weighted by molar-refractivity contribution is 5.37. The van der Waals surface area contributed by atoms with Gasteiger partial charge in [0.05, 0.1) is 11.0 Å². The molecule has 5 heteroatoms. The summed E-state index contributed by atoms with van der Waals surface area (Å²) >= 11 is 0. The quantitative estimate of drug-likeness (QED) is 0.604. The Morgan fingerprint density at radius 1 is 1.24 bits per heavy atom. The molecular weight excluding hydrogens is 273 g/mol. The van der Waals surface area contributed by atoms with Crippen molar-refractivity contribution in [2.75, 3.05) is 0 Å². The van der Waals surface area contributed by atoms with E-state index in [0.717, 1.165) is 11.6 Å². The molecule has 21 heavy (non-hydrogen) atoms. The second kappa shape index (κ2) is 6.35. The van der Waals surface area contributed by atoms with E-state index in [4.69, 9.17) is 4.74 Å². The minimum absolute atomic E-state index is 0.0856. The minimum atomic E-state index is -0.639. The van der Waals surface area contributed by atoms with Crippen LogP contribution in [0.15, 0.2) is 42.5 Å². The van der Waals surface area contributed by atoms with E-state index in [1.165, 1.54) is 12.1 Å². The Morgan fingerprint density at radius 3 is 2.62 bits per heavy atom. The number of nitro benzene ring substituents is 1. The molecule has 110 valence electrons. The molecule has 0 saturated carbocycles. The first-order valence-electron chi connectivity index (χ1n) is 6.63. The molecule has 4 nitrogen and oxygen atoms in total. The third kappa shape index (κ3) is 3.78. The van der Waals surface area contributed by atoms with E-state index in [1.54, 1.807) is 0 Å². The van der Waals surface area contributed by atoms with Crippen molar-refractivity contribution < 1.29 is 14.1 Å². The SMILES string of the molecule is CC(C)c1ccccc1OCc1cc(F)cc([N+](=O)[O-])c1. The van der Waals surface area contributed by atoms with Gasteiger partial charge in [-0.3, -0.25) is 10.1 Å². The van der Waals surface area contributed by atoms with Gasteiger partial charge >= 0.3 is 0 Å². The highest BCUT2D eigenvalue weighted by Crippen LogP contribution is 2.27. The van der Waals surface area contributed by atoms with Crippen molar-refractivity contribution in [3.05, 3.63) is 69.5 Å². The fourth-order valence-corrected chi connectivity index (χ4v) is 2.07. The highest BCUT2D eigenvalue weighted by atomic mass is 19.1. The summed E-state index contributed by atoms with van der Waals surface area (Å²) in [6.07, 6.45) is 0. The topological polar surface area (TPSA) is 52.4 Å². The van der Waals surface area contributed by atoms with Crippen molar-refractivity contribution >= 4 is 5.69 Å². The van der Waals surface area contributed by atoms with Crippen molar-refractivity contribution in [1.29, 1.82) is 0 Å². The molecule has 0 aliphatic rings. The summed E-state index contributed by atoms with van der Waals surface area (Å²) in [5.74, 6) is 0.363. The van der Waals surface area contributed by atoms with Crippen molar-refractivity contribution in [2.24, 2.45) is 0 Å². The Labute approximate surface area is 122 Å². The minimum Gasteiger partial charge on any atom is -0.489 e. The maximum Gasteiger partial charge on any atom is 0.272 e. The number of benzene rings is 2. The zero-order valence-corrected chi connectivity index (χ0v) is 11.9. The van der Waals surface area contributed by atoms with Gasteiger partial charge in [0.15, 0.2) is 0 Å². The smallest absolute Gasteiger partial charge is 0.272 e. The summed E-state index contributed by atoms with van der Waals surface area (Å²) in [6.45, 7) is 4.19. The first-order valence-corrected chi connectivity index (χ1v) is 6.63. The van der Waals surface area contributed by atoms with E-state index >= 15 is 0 Å². The van der Waals surface area contributed by atoms with Crippen LogP contribution in [0.1, 0.15) is 30.9 Å².